The maximum Gasteiger partial charge on any atom is 0.308 e. The normalized spacial score (nSPS) is 20.6. The van der Waals surface area contributed by atoms with E-state index in [2.05, 4.69) is 13.8 Å². The van der Waals surface area contributed by atoms with Crippen molar-refractivity contribution >= 4 is 17.6 Å². The number of nitrogens with zero attached hydrogens (tertiary/aromatic N) is 1. The van der Waals surface area contributed by atoms with Gasteiger partial charge >= 0.3 is 5.97 Å². The van der Waals surface area contributed by atoms with E-state index in [1.807, 2.05) is 24.3 Å². The molecule has 1 fully saturated rings. The van der Waals surface area contributed by atoms with Crippen LogP contribution in [0.1, 0.15) is 38.2 Å². The van der Waals surface area contributed by atoms with Gasteiger partial charge in [-0.2, -0.15) is 0 Å². The molecule has 1 aliphatic rings. The Morgan fingerprint density at radius 3 is 2.53 bits per heavy atom. The summed E-state index contributed by atoms with van der Waals surface area (Å²) in [5.41, 5.74) is 2.04. The molecule has 4 heteroatoms. The zero-order valence-electron chi connectivity index (χ0n) is 11.3. The highest BCUT2D eigenvalue weighted by Crippen LogP contribution is 2.27. The van der Waals surface area contributed by atoms with Gasteiger partial charge < -0.3 is 10.0 Å². The van der Waals surface area contributed by atoms with Gasteiger partial charge in [0.05, 0.1) is 5.92 Å². The van der Waals surface area contributed by atoms with Crippen molar-refractivity contribution in [2.45, 2.75) is 32.6 Å². The molecular weight excluding hydrogens is 242 g/mol. The highest BCUT2D eigenvalue weighted by atomic mass is 16.4. The van der Waals surface area contributed by atoms with Crippen molar-refractivity contribution < 1.29 is 14.7 Å². The SMILES string of the molecule is CC[C@H](C)c1ccc(N2C[C@@H](C(=O)O)CC2=O)cc1. The van der Waals surface area contributed by atoms with E-state index in [9.17, 15) is 9.59 Å². The number of hydrogen-bond donors (Lipinski definition) is 1. The Labute approximate surface area is 113 Å². The molecule has 19 heavy (non-hydrogen) atoms. The van der Waals surface area contributed by atoms with Crippen LogP contribution in [0, 0.1) is 5.92 Å². The number of benzene rings is 1. The molecule has 1 heterocycles. The predicted molar refractivity (Wildman–Crippen MR) is 73.2 cm³/mol. The van der Waals surface area contributed by atoms with Gasteiger partial charge in [-0.1, -0.05) is 26.0 Å². The largest absolute Gasteiger partial charge is 0.481 e. The lowest BCUT2D eigenvalue weighted by Gasteiger charge is -2.17. The summed E-state index contributed by atoms with van der Waals surface area (Å²) in [5.74, 6) is -1.09. The molecule has 0 unspecified atom stereocenters. The summed E-state index contributed by atoms with van der Waals surface area (Å²) < 4.78 is 0. The number of rotatable bonds is 4. The van der Waals surface area contributed by atoms with Crippen LogP contribution in [0.4, 0.5) is 5.69 Å². The van der Waals surface area contributed by atoms with Gasteiger partial charge in [0.1, 0.15) is 0 Å². The van der Waals surface area contributed by atoms with E-state index < -0.39 is 11.9 Å². The molecule has 1 aromatic rings. The summed E-state index contributed by atoms with van der Waals surface area (Å²) in [5, 5.41) is 8.97. The molecule has 0 saturated carbocycles. The van der Waals surface area contributed by atoms with Gasteiger partial charge in [0.2, 0.25) is 5.91 Å². The zero-order chi connectivity index (χ0) is 14.0. The van der Waals surface area contributed by atoms with Crippen LogP contribution >= 0.6 is 0 Å². The maximum absolute atomic E-state index is 11.8. The molecule has 1 aliphatic heterocycles. The molecule has 1 N–H and O–H groups in total. The number of anilines is 1. The number of carboxylic acid groups (broad SMARTS) is 1. The van der Waals surface area contributed by atoms with Gasteiger partial charge in [0.25, 0.3) is 0 Å². The second kappa shape index (κ2) is 5.43. The Bertz CT molecular complexity index is 481. The number of aliphatic carboxylic acids is 1. The van der Waals surface area contributed by atoms with Crippen LogP contribution in [0.15, 0.2) is 24.3 Å². The Morgan fingerprint density at radius 2 is 2.05 bits per heavy atom. The van der Waals surface area contributed by atoms with E-state index in [0.717, 1.165) is 12.1 Å². The smallest absolute Gasteiger partial charge is 0.308 e. The summed E-state index contributed by atoms with van der Waals surface area (Å²) in [7, 11) is 0. The molecule has 0 aromatic heterocycles. The standard InChI is InChI=1S/C15H19NO3/c1-3-10(2)11-4-6-13(7-5-11)16-9-12(15(18)19)8-14(16)17/h4-7,10,12H,3,8-9H2,1-2H3,(H,18,19)/t10-,12-/m0/s1. The van der Waals surface area contributed by atoms with Crippen molar-refractivity contribution in [1.82, 2.24) is 0 Å². The molecule has 0 radical (unpaired) electrons. The van der Waals surface area contributed by atoms with E-state index in [1.54, 1.807) is 4.90 Å². The topological polar surface area (TPSA) is 57.6 Å². The van der Waals surface area contributed by atoms with Crippen molar-refractivity contribution in [3.05, 3.63) is 29.8 Å². The Hall–Kier alpha value is -1.84. The molecule has 102 valence electrons. The highest BCUT2D eigenvalue weighted by molar-refractivity contribution is 5.99. The number of carbonyl (C=O) groups is 2. The van der Waals surface area contributed by atoms with Crippen LogP contribution < -0.4 is 4.90 Å². The second-order valence-corrected chi connectivity index (χ2v) is 5.14. The first-order valence-corrected chi connectivity index (χ1v) is 6.66. The van der Waals surface area contributed by atoms with Crippen molar-refractivity contribution in [3.63, 3.8) is 0 Å². The van der Waals surface area contributed by atoms with E-state index in [1.165, 1.54) is 5.56 Å². The summed E-state index contributed by atoms with van der Waals surface area (Å²) in [6, 6.07) is 7.85. The average molecular weight is 261 g/mol. The molecule has 4 nitrogen and oxygen atoms in total. The van der Waals surface area contributed by atoms with Gasteiger partial charge in [0.15, 0.2) is 0 Å². The summed E-state index contributed by atoms with van der Waals surface area (Å²) >= 11 is 0. The molecule has 2 rings (SSSR count). The maximum atomic E-state index is 11.8. The van der Waals surface area contributed by atoms with Gasteiger partial charge in [-0.05, 0) is 30.0 Å². The van der Waals surface area contributed by atoms with Crippen LogP contribution in [0.25, 0.3) is 0 Å². The van der Waals surface area contributed by atoms with Crippen molar-refractivity contribution in [3.8, 4) is 0 Å². The fourth-order valence-corrected chi connectivity index (χ4v) is 2.34. The minimum atomic E-state index is -0.896. The lowest BCUT2D eigenvalue weighted by Crippen LogP contribution is -2.25. The fraction of sp³-hybridized carbons (Fsp3) is 0.467. The molecule has 0 spiro atoms. The van der Waals surface area contributed by atoms with Crippen LogP contribution in [-0.4, -0.2) is 23.5 Å². The van der Waals surface area contributed by atoms with Crippen LogP contribution in [0.5, 0.6) is 0 Å². The Morgan fingerprint density at radius 1 is 1.42 bits per heavy atom. The first-order chi connectivity index (χ1) is 9.02. The van der Waals surface area contributed by atoms with E-state index in [0.29, 0.717) is 5.92 Å². The van der Waals surface area contributed by atoms with Crippen LogP contribution in [0.2, 0.25) is 0 Å². The third kappa shape index (κ3) is 2.78. The lowest BCUT2D eigenvalue weighted by molar-refractivity contribution is -0.141. The monoisotopic (exact) mass is 261 g/mol. The van der Waals surface area contributed by atoms with Crippen molar-refractivity contribution in [1.29, 1.82) is 0 Å². The molecule has 0 aliphatic carbocycles. The molecule has 1 amide bonds. The molecule has 2 atom stereocenters. The molecule has 0 bridgehead atoms. The first-order valence-electron chi connectivity index (χ1n) is 6.66. The number of amides is 1. The average Bonchev–Trinajstić information content (AvgIpc) is 2.80. The quantitative estimate of drug-likeness (QED) is 0.906. The Balaban J connectivity index is 2.14. The molecular formula is C15H19NO3. The number of carbonyl (C=O) groups excluding carboxylic acids is 1. The number of hydrogen-bond acceptors (Lipinski definition) is 2. The number of carboxylic acids is 1. The highest BCUT2D eigenvalue weighted by Gasteiger charge is 2.34. The summed E-state index contributed by atoms with van der Waals surface area (Å²) in [6.45, 7) is 4.58. The van der Waals surface area contributed by atoms with Crippen molar-refractivity contribution in [2.24, 2.45) is 5.92 Å². The zero-order valence-corrected chi connectivity index (χ0v) is 11.3. The van der Waals surface area contributed by atoms with Crippen LogP contribution in [-0.2, 0) is 9.59 Å². The van der Waals surface area contributed by atoms with E-state index in [4.69, 9.17) is 5.11 Å². The van der Waals surface area contributed by atoms with E-state index >= 15 is 0 Å². The lowest BCUT2D eigenvalue weighted by atomic mass is 9.98. The van der Waals surface area contributed by atoms with Crippen molar-refractivity contribution in [2.75, 3.05) is 11.4 Å². The first kappa shape index (κ1) is 13.6. The minimum absolute atomic E-state index is 0.0997. The second-order valence-electron chi connectivity index (χ2n) is 5.14. The Kier molecular flexibility index (Phi) is 3.88. The van der Waals surface area contributed by atoms with Gasteiger partial charge in [-0.3, -0.25) is 9.59 Å². The minimum Gasteiger partial charge on any atom is -0.481 e. The summed E-state index contributed by atoms with van der Waals surface area (Å²) in [4.78, 5) is 24.3. The third-order valence-corrected chi connectivity index (χ3v) is 3.86. The van der Waals surface area contributed by atoms with Gasteiger partial charge in [-0.15, -0.1) is 0 Å². The fourth-order valence-electron chi connectivity index (χ4n) is 2.34. The van der Waals surface area contributed by atoms with Crippen LogP contribution in [0.3, 0.4) is 0 Å². The van der Waals surface area contributed by atoms with Gasteiger partial charge in [-0.25, -0.2) is 0 Å². The summed E-state index contributed by atoms with van der Waals surface area (Å²) in [6.07, 6.45) is 1.17. The van der Waals surface area contributed by atoms with E-state index in [-0.39, 0.29) is 18.9 Å². The van der Waals surface area contributed by atoms with Gasteiger partial charge in [0, 0.05) is 18.7 Å². The molecule has 1 saturated heterocycles. The molecule has 1 aromatic carbocycles. The predicted octanol–water partition coefficient (Wildman–Crippen LogP) is 2.64. The third-order valence-electron chi connectivity index (χ3n) is 3.86.